The van der Waals surface area contributed by atoms with Gasteiger partial charge in [-0.3, -0.25) is 9.71 Å². The molecule has 0 amide bonds. The van der Waals surface area contributed by atoms with Crippen LogP contribution in [-0.4, -0.2) is 46.3 Å². The monoisotopic (exact) mass is 307 g/mol. The van der Waals surface area contributed by atoms with Gasteiger partial charge in [0.2, 0.25) is 0 Å². The maximum absolute atomic E-state index is 12.3. The summed E-state index contributed by atoms with van der Waals surface area (Å²) in [6.07, 6.45) is 0. The lowest BCUT2D eigenvalue weighted by Crippen LogP contribution is -2.25. The van der Waals surface area contributed by atoms with E-state index in [-0.39, 0.29) is 0 Å². The number of hydrogen-bond donors (Lipinski definition) is 1. The van der Waals surface area contributed by atoms with E-state index in [2.05, 4.69) is 9.71 Å². The molecule has 1 aliphatic rings. The lowest BCUT2D eigenvalue weighted by molar-refractivity contribution is 0.420. The van der Waals surface area contributed by atoms with Crippen LogP contribution in [0.5, 0.6) is 0 Å². The Balaban J connectivity index is 2.37. The molecule has 0 spiro atoms. The van der Waals surface area contributed by atoms with Crippen molar-refractivity contribution >= 4 is 20.8 Å². The average Bonchev–Trinajstić information content (AvgIpc) is 2.61. The lowest BCUT2D eigenvalue weighted by Gasteiger charge is -2.06. The first-order chi connectivity index (χ1) is 9.81. The van der Waals surface area contributed by atoms with E-state index < -0.39 is 10.0 Å². The van der Waals surface area contributed by atoms with Crippen molar-refractivity contribution in [3.8, 4) is 0 Å². The molecule has 1 aromatic rings. The molecule has 0 unspecified atom stereocenters. The zero-order valence-electron chi connectivity index (χ0n) is 12.8. The van der Waals surface area contributed by atoms with E-state index >= 15 is 0 Å². The van der Waals surface area contributed by atoms with Gasteiger partial charge in [-0.2, -0.15) is 0 Å². The summed E-state index contributed by atoms with van der Waals surface area (Å²) in [6, 6.07) is 7.48. The quantitative estimate of drug-likeness (QED) is 0.919. The van der Waals surface area contributed by atoms with Gasteiger partial charge in [-0.15, -0.1) is 0 Å². The number of amidine groups is 1. The number of aryl methyl sites for hydroxylation is 1. The highest BCUT2D eigenvalue weighted by atomic mass is 32.2. The van der Waals surface area contributed by atoms with Gasteiger partial charge in [0.1, 0.15) is 10.7 Å². The highest BCUT2D eigenvalue weighted by molar-refractivity contribution is 8.00. The fourth-order valence-electron chi connectivity index (χ4n) is 2.15. The van der Waals surface area contributed by atoms with Crippen molar-refractivity contribution in [2.75, 3.05) is 27.2 Å². The molecule has 1 aromatic carbocycles. The number of aliphatic imine (C=N–C) groups is 1. The van der Waals surface area contributed by atoms with Gasteiger partial charge in [-0.05, 0) is 33.5 Å². The van der Waals surface area contributed by atoms with Gasteiger partial charge < -0.3 is 4.90 Å². The number of benzene rings is 1. The van der Waals surface area contributed by atoms with Crippen LogP contribution in [-0.2, 0) is 10.0 Å². The van der Waals surface area contributed by atoms with Crippen molar-refractivity contribution in [1.29, 1.82) is 0 Å². The van der Waals surface area contributed by atoms with Crippen LogP contribution in [0.2, 0.25) is 0 Å². The van der Waals surface area contributed by atoms with Gasteiger partial charge >= 0.3 is 0 Å². The maximum Gasteiger partial charge on any atom is 0.264 e. The molecule has 2 rings (SSSR count). The topological polar surface area (TPSA) is 61.8 Å². The SMILES string of the molecule is CC1=C(c2ccc(C)cc2)S(=O)(=O)NC1=NCCN(C)C. The minimum Gasteiger partial charge on any atom is -0.308 e. The Morgan fingerprint density at radius 2 is 1.76 bits per heavy atom. The van der Waals surface area contributed by atoms with Crippen LogP contribution in [0.15, 0.2) is 34.8 Å². The third kappa shape index (κ3) is 3.51. The Morgan fingerprint density at radius 3 is 2.33 bits per heavy atom. The molecule has 1 N–H and O–H groups in total. The molecule has 0 bridgehead atoms. The standard InChI is InChI=1S/C15H21N3O2S/c1-11-5-7-13(8-6-11)14-12(2)15(17-21(14,19)20)16-9-10-18(3)4/h5-8H,9-10H2,1-4H3,(H,16,17). The van der Waals surface area contributed by atoms with Crippen molar-refractivity contribution in [2.45, 2.75) is 13.8 Å². The molecule has 0 aliphatic carbocycles. The van der Waals surface area contributed by atoms with E-state index in [1.165, 1.54) is 0 Å². The van der Waals surface area contributed by atoms with Gasteiger partial charge in [0.15, 0.2) is 0 Å². The zero-order chi connectivity index (χ0) is 15.6. The van der Waals surface area contributed by atoms with Crippen LogP contribution >= 0.6 is 0 Å². The van der Waals surface area contributed by atoms with Gasteiger partial charge in [-0.25, -0.2) is 8.42 Å². The summed E-state index contributed by atoms with van der Waals surface area (Å²) in [4.78, 5) is 6.69. The van der Waals surface area contributed by atoms with Gasteiger partial charge in [-0.1, -0.05) is 29.8 Å². The number of rotatable bonds is 4. The van der Waals surface area contributed by atoms with Crippen LogP contribution in [0.4, 0.5) is 0 Å². The molecule has 0 saturated heterocycles. The molecule has 0 saturated carbocycles. The van der Waals surface area contributed by atoms with Crippen molar-refractivity contribution in [1.82, 2.24) is 9.62 Å². The van der Waals surface area contributed by atoms with Gasteiger partial charge in [0.25, 0.3) is 10.0 Å². The third-order valence-corrected chi connectivity index (χ3v) is 4.87. The fourth-order valence-corrected chi connectivity index (χ4v) is 3.67. The predicted molar refractivity (Wildman–Crippen MR) is 86.7 cm³/mol. The molecule has 0 radical (unpaired) electrons. The molecule has 1 aliphatic heterocycles. The predicted octanol–water partition coefficient (Wildman–Crippen LogP) is 1.62. The summed E-state index contributed by atoms with van der Waals surface area (Å²) in [6.45, 7) is 5.10. The number of sulfonamides is 1. The second-order valence-corrected chi connectivity index (χ2v) is 7.08. The Hall–Kier alpha value is -1.66. The number of likely N-dealkylation sites (N-methyl/N-ethyl adjacent to an activating group) is 1. The Bertz CT molecular complexity index is 686. The number of nitrogens with zero attached hydrogens (tertiary/aromatic N) is 2. The van der Waals surface area contributed by atoms with Crippen molar-refractivity contribution in [3.63, 3.8) is 0 Å². The molecule has 5 nitrogen and oxygen atoms in total. The summed E-state index contributed by atoms with van der Waals surface area (Å²) in [5, 5.41) is 0. The molecular formula is C15H21N3O2S. The summed E-state index contributed by atoms with van der Waals surface area (Å²) < 4.78 is 27.2. The second kappa shape index (κ2) is 5.99. The van der Waals surface area contributed by atoms with E-state index in [9.17, 15) is 8.42 Å². The smallest absolute Gasteiger partial charge is 0.264 e. The number of nitrogens with one attached hydrogen (secondary N) is 1. The van der Waals surface area contributed by atoms with E-state index in [0.717, 1.165) is 12.1 Å². The summed E-state index contributed by atoms with van der Waals surface area (Å²) in [5.41, 5.74) is 2.47. The third-order valence-electron chi connectivity index (χ3n) is 3.33. The highest BCUT2D eigenvalue weighted by Gasteiger charge is 2.32. The summed E-state index contributed by atoms with van der Waals surface area (Å²) in [5.74, 6) is 0.451. The van der Waals surface area contributed by atoms with Crippen LogP contribution in [0.1, 0.15) is 18.1 Å². The first-order valence-electron chi connectivity index (χ1n) is 6.81. The number of hydrogen-bond acceptors (Lipinski definition) is 4. The van der Waals surface area contributed by atoms with E-state index in [0.29, 0.717) is 28.4 Å². The summed E-state index contributed by atoms with van der Waals surface area (Å²) in [7, 11) is 0.399. The van der Waals surface area contributed by atoms with Crippen molar-refractivity contribution < 1.29 is 8.42 Å². The minimum absolute atomic E-state index is 0.325. The minimum atomic E-state index is -3.52. The molecule has 1 heterocycles. The molecule has 6 heteroatoms. The zero-order valence-corrected chi connectivity index (χ0v) is 13.7. The Kier molecular flexibility index (Phi) is 4.49. The molecule has 0 fully saturated rings. The van der Waals surface area contributed by atoms with Crippen molar-refractivity contribution in [3.05, 3.63) is 41.0 Å². The lowest BCUT2D eigenvalue weighted by atomic mass is 10.1. The molecule has 21 heavy (non-hydrogen) atoms. The summed E-state index contributed by atoms with van der Waals surface area (Å²) >= 11 is 0. The molecule has 114 valence electrons. The first kappa shape index (κ1) is 15.7. The maximum atomic E-state index is 12.3. The van der Waals surface area contributed by atoms with Gasteiger partial charge in [0.05, 0.1) is 6.54 Å². The first-order valence-corrected chi connectivity index (χ1v) is 8.30. The van der Waals surface area contributed by atoms with Crippen LogP contribution in [0.3, 0.4) is 0 Å². The van der Waals surface area contributed by atoms with Crippen LogP contribution < -0.4 is 4.72 Å². The van der Waals surface area contributed by atoms with E-state index in [1.54, 1.807) is 6.92 Å². The average molecular weight is 307 g/mol. The Morgan fingerprint density at radius 1 is 1.14 bits per heavy atom. The van der Waals surface area contributed by atoms with Crippen molar-refractivity contribution in [2.24, 2.45) is 4.99 Å². The second-order valence-electron chi connectivity index (χ2n) is 5.46. The molecule has 0 atom stereocenters. The van der Waals surface area contributed by atoms with Gasteiger partial charge in [0, 0.05) is 12.1 Å². The largest absolute Gasteiger partial charge is 0.308 e. The Labute approximate surface area is 126 Å². The van der Waals surface area contributed by atoms with Crippen LogP contribution in [0.25, 0.3) is 4.91 Å². The highest BCUT2D eigenvalue weighted by Crippen LogP contribution is 2.29. The molecular weight excluding hydrogens is 286 g/mol. The van der Waals surface area contributed by atoms with E-state index in [4.69, 9.17) is 0 Å². The van der Waals surface area contributed by atoms with E-state index in [1.807, 2.05) is 50.2 Å². The fraction of sp³-hybridized carbons (Fsp3) is 0.400. The normalized spacial score (nSPS) is 19.4. The molecule has 0 aromatic heterocycles. The van der Waals surface area contributed by atoms with Crippen LogP contribution in [0, 0.1) is 6.92 Å².